The molecule has 20 heavy (non-hydrogen) atoms. The van der Waals surface area contributed by atoms with Crippen molar-refractivity contribution in [3.63, 3.8) is 0 Å². The molecule has 2 aromatic carbocycles. The van der Waals surface area contributed by atoms with Gasteiger partial charge >= 0.3 is 0 Å². The molecule has 0 amide bonds. The Morgan fingerprint density at radius 2 is 2.10 bits per heavy atom. The van der Waals surface area contributed by atoms with Gasteiger partial charge in [0.2, 0.25) is 0 Å². The number of halogens is 2. The largest absolute Gasteiger partial charge is 0.310 e. The molecule has 1 atom stereocenters. The van der Waals surface area contributed by atoms with Crippen molar-refractivity contribution in [1.29, 1.82) is 0 Å². The Kier molecular flexibility index (Phi) is 3.77. The third-order valence-corrected chi connectivity index (χ3v) is 4.26. The highest BCUT2D eigenvalue weighted by atomic mass is 35.5. The number of hydrogen-bond acceptors (Lipinski definition) is 1. The second-order valence-electron chi connectivity index (χ2n) is 5.15. The second-order valence-corrected chi connectivity index (χ2v) is 5.55. The van der Waals surface area contributed by atoms with E-state index in [4.69, 9.17) is 11.6 Å². The van der Waals surface area contributed by atoms with Crippen molar-refractivity contribution in [2.45, 2.75) is 25.8 Å². The maximum atomic E-state index is 13.2. The molecule has 0 saturated heterocycles. The zero-order valence-electron chi connectivity index (χ0n) is 11.4. The molecule has 0 saturated carbocycles. The average molecular weight is 290 g/mol. The molecule has 1 aliphatic carbocycles. The van der Waals surface area contributed by atoms with Gasteiger partial charge in [0.25, 0.3) is 0 Å². The van der Waals surface area contributed by atoms with E-state index in [2.05, 4.69) is 30.4 Å². The SMILES string of the molecule is CCNC1CCc2c(-c3ccc(F)cc3Cl)cccc21. The van der Waals surface area contributed by atoms with Crippen LogP contribution >= 0.6 is 11.6 Å². The lowest BCUT2D eigenvalue weighted by Crippen LogP contribution is -2.18. The summed E-state index contributed by atoms with van der Waals surface area (Å²) in [6.07, 6.45) is 2.15. The highest BCUT2D eigenvalue weighted by Crippen LogP contribution is 2.39. The third-order valence-electron chi connectivity index (χ3n) is 3.94. The van der Waals surface area contributed by atoms with Crippen LogP contribution in [0.1, 0.15) is 30.5 Å². The number of hydrogen-bond donors (Lipinski definition) is 1. The molecule has 0 spiro atoms. The fourth-order valence-electron chi connectivity index (χ4n) is 3.07. The first-order valence-corrected chi connectivity index (χ1v) is 7.39. The van der Waals surface area contributed by atoms with Gasteiger partial charge in [0.15, 0.2) is 0 Å². The smallest absolute Gasteiger partial charge is 0.124 e. The van der Waals surface area contributed by atoms with Crippen molar-refractivity contribution in [3.8, 4) is 11.1 Å². The van der Waals surface area contributed by atoms with Crippen LogP contribution in [0, 0.1) is 5.82 Å². The van der Waals surface area contributed by atoms with Crippen molar-refractivity contribution < 1.29 is 4.39 Å². The Morgan fingerprint density at radius 3 is 2.85 bits per heavy atom. The Labute approximate surface area is 123 Å². The summed E-state index contributed by atoms with van der Waals surface area (Å²) in [6.45, 7) is 3.09. The van der Waals surface area contributed by atoms with Crippen molar-refractivity contribution in [2.24, 2.45) is 0 Å². The number of rotatable bonds is 3. The van der Waals surface area contributed by atoms with Gasteiger partial charge in [-0.25, -0.2) is 4.39 Å². The van der Waals surface area contributed by atoms with Gasteiger partial charge in [0, 0.05) is 11.6 Å². The quantitative estimate of drug-likeness (QED) is 0.860. The molecule has 0 aromatic heterocycles. The van der Waals surface area contributed by atoms with Crippen LogP contribution in [0.5, 0.6) is 0 Å². The topological polar surface area (TPSA) is 12.0 Å². The first-order chi connectivity index (χ1) is 9.70. The molecule has 0 fully saturated rings. The van der Waals surface area contributed by atoms with Crippen LogP contribution in [-0.4, -0.2) is 6.54 Å². The minimum atomic E-state index is -0.295. The van der Waals surface area contributed by atoms with Crippen LogP contribution in [0.15, 0.2) is 36.4 Å². The van der Waals surface area contributed by atoms with Crippen LogP contribution in [0.25, 0.3) is 11.1 Å². The predicted octanol–water partition coefficient (Wildman–Crippen LogP) is 4.74. The van der Waals surface area contributed by atoms with Crippen molar-refractivity contribution in [1.82, 2.24) is 5.32 Å². The molecule has 3 heteroatoms. The molecular formula is C17H17ClFN. The molecule has 1 N–H and O–H groups in total. The fraction of sp³-hybridized carbons (Fsp3) is 0.294. The van der Waals surface area contributed by atoms with Crippen LogP contribution in [-0.2, 0) is 6.42 Å². The Bertz CT molecular complexity index is 639. The monoisotopic (exact) mass is 289 g/mol. The van der Waals surface area contributed by atoms with E-state index in [1.54, 1.807) is 6.07 Å². The molecule has 0 radical (unpaired) electrons. The molecule has 2 aromatic rings. The van der Waals surface area contributed by atoms with Crippen molar-refractivity contribution in [2.75, 3.05) is 6.54 Å². The summed E-state index contributed by atoms with van der Waals surface area (Å²) in [6, 6.07) is 11.4. The average Bonchev–Trinajstić information content (AvgIpc) is 2.83. The Hall–Kier alpha value is -1.38. The second kappa shape index (κ2) is 5.55. The summed E-state index contributed by atoms with van der Waals surface area (Å²) in [4.78, 5) is 0. The minimum Gasteiger partial charge on any atom is -0.310 e. The minimum absolute atomic E-state index is 0.295. The van der Waals surface area contributed by atoms with Gasteiger partial charge in [-0.05, 0) is 54.3 Å². The van der Waals surface area contributed by atoms with E-state index in [1.807, 2.05) is 0 Å². The number of nitrogens with one attached hydrogen (secondary N) is 1. The van der Waals surface area contributed by atoms with Crippen LogP contribution in [0.4, 0.5) is 4.39 Å². The molecule has 104 valence electrons. The normalized spacial score (nSPS) is 17.2. The van der Waals surface area contributed by atoms with Gasteiger partial charge in [0.05, 0.1) is 5.02 Å². The molecule has 1 unspecified atom stereocenters. The standard InChI is InChI=1S/C17H17ClFN/c1-2-20-17-9-8-13-12(4-3-5-15(13)17)14-7-6-11(19)10-16(14)18/h3-7,10,17,20H,2,8-9H2,1H3. The summed E-state index contributed by atoms with van der Waals surface area (Å²) in [5, 5.41) is 3.99. The highest BCUT2D eigenvalue weighted by molar-refractivity contribution is 6.33. The zero-order chi connectivity index (χ0) is 14.1. The Balaban J connectivity index is 2.08. The van der Waals surface area contributed by atoms with E-state index in [9.17, 15) is 4.39 Å². The number of fused-ring (bicyclic) bond motifs is 1. The summed E-state index contributed by atoms with van der Waals surface area (Å²) in [7, 11) is 0. The lowest BCUT2D eigenvalue weighted by Gasteiger charge is -2.14. The van der Waals surface area contributed by atoms with Crippen LogP contribution < -0.4 is 5.32 Å². The van der Waals surface area contributed by atoms with Gasteiger partial charge in [-0.15, -0.1) is 0 Å². The maximum absolute atomic E-state index is 13.2. The summed E-state index contributed by atoms with van der Waals surface area (Å²) in [5.41, 5.74) is 4.74. The van der Waals surface area contributed by atoms with E-state index in [0.29, 0.717) is 11.1 Å². The zero-order valence-corrected chi connectivity index (χ0v) is 12.2. The summed E-state index contributed by atoms with van der Waals surface area (Å²) < 4.78 is 13.2. The van der Waals surface area contributed by atoms with E-state index in [-0.39, 0.29) is 5.82 Å². The molecule has 3 rings (SSSR count). The van der Waals surface area contributed by atoms with E-state index in [1.165, 1.54) is 23.3 Å². The van der Waals surface area contributed by atoms with Crippen LogP contribution in [0.3, 0.4) is 0 Å². The number of benzene rings is 2. The molecular weight excluding hydrogens is 273 g/mol. The molecule has 1 nitrogen and oxygen atoms in total. The lowest BCUT2D eigenvalue weighted by molar-refractivity contribution is 0.549. The molecule has 1 aliphatic rings. The highest BCUT2D eigenvalue weighted by Gasteiger charge is 2.24. The van der Waals surface area contributed by atoms with Crippen molar-refractivity contribution in [3.05, 3.63) is 58.4 Å². The lowest BCUT2D eigenvalue weighted by atomic mass is 9.96. The van der Waals surface area contributed by atoms with E-state index < -0.39 is 0 Å². The van der Waals surface area contributed by atoms with E-state index in [0.717, 1.165) is 30.5 Å². The molecule has 0 aliphatic heterocycles. The predicted molar refractivity (Wildman–Crippen MR) is 81.6 cm³/mol. The fourth-order valence-corrected chi connectivity index (χ4v) is 3.34. The molecule has 0 bridgehead atoms. The first kappa shape index (κ1) is 13.6. The first-order valence-electron chi connectivity index (χ1n) is 7.01. The van der Waals surface area contributed by atoms with E-state index >= 15 is 0 Å². The van der Waals surface area contributed by atoms with Crippen LogP contribution in [0.2, 0.25) is 5.02 Å². The van der Waals surface area contributed by atoms with Gasteiger partial charge in [-0.2, -0.15) is 0 Å². The molecule has 0 heterocycles. The van der Waals surface area contributed by atoms with Crippen molar-refractivity contribution >= 4 is 11.6 Å². The van der Waals surface area contributed by atoms with Gasteiger partial charge in [-0.3, -0.25) is 0 Å². The van der Waals surface area contributed by atoms with Gasteiger partial charge in [-0.1, -0.05) is 36.7 Å². The van der Waals surface area contributed by atoms with Gasteiger partial charge in [0.1, 0.15) is 5.82 Å². The Morgan fingerprint density at radius 1 is 1.25 bits per heavy atom. The van der Waals surface area contributed by atoms with Gasteiger partial charge < -0.3 is 5.32 Å². The summed E-state index contributed by atoms with van der Waals surface area (Å²) >= 11 is 6.21. The maximum Gasteiger partial charge on any atom is 0.124 e. The summed E-state index contributed by atoms with van der Waals surface area (Å²) in [5.74, 6) is -0.295. The third kappa shape index (κ3) is 2.34.